The van der Waals surface area contributed by atoms with Crippen LogP contribution in [-0.2, 0) is 23.9 Å². The molecule has 9 heteroatoms. The first-order valence-electron chi connectivity index (χ1n) is 12.1. The molecule has 2 aromatic rings. The zero-order chi connectivity index (χ0) is 25.7. The van der Waals surface area contributed by atoms with Crippen molar-refractivity contribution in [2.24, 2.45) is 11.0 Å². The molecule has 0 atom stereocenters. The first kappa shape index (κ1) is 25.1. The second-order valence-corrected chi connectivity index (χ2v) is 9.13. The largest absolute Gasteiger partial charge is 0.451 e. The van der Waals surface area contributed by atoms with E-state index >= 15 is 0 Å². The van der Waals surface area contributed by atoms with Crippen molar-refractivity contribution in [2.75, 3.05) is 30.0 Å². The molecule has 1 fully saturated rings. The van der Waals surface area contributed by atoms with Crippen LogP contribution in [0.5, 0.6) is 0 Å². The first-order chi connectivity index (χ1) is 17.3. The van der Waals surface area contributed by atoms with Gasteiger partial charge in [0.2, 0.25) is 11.8 Å². The number of nitrogens with zero attached hydrogens (tertiary/aromatic N) is 3. The molecule has 36 heavy (non-hydrogen) atoms. The molecule has 188 valence electrons. The molecule has 4 rings (SSSR count). The number of esters is 1. The third-order valence-electron chi connectivity index (χ3n) is 6.45. The van der Waals surface area contributed by atoms with E-state index < -0.39 is 12.6 Å². The maximum absolute atomic E-state index is 12.6. The third kappa shape index (κ3) is 5.97. The highest BCUT2D eigenvalue weighted by Crippen LogP contribution is 2.26. The van der Waals surface area contributed by atoms with E-state index in [2.05, 4.69) is 10.4 Å². The molecule has 0 saturated carbocycles. The number of carbonyl (C=O) groups excluding carboxylic acids is 4. The van der Waals surface area contributed by atoms with E-state index in [0.29, 0.717) is 31.6 Å². The average molecular weight is 491 g/mol. The molecule has 0 unspecified atom stereocenters. The highest BCUT2D eigenvalue weighted by molar-refractivity contribution is 6.38. The minimum Gasteiger partial charge on any atom is -0.451 e. The van der Waals surface area contributed by atoms with Gasteiger partial charge in [0.1, 0.15) is 5.71 Å². The summed E-state index contributed by atoms with van der Waals surface area (Å²) in [6.07, 6.45) is 1.37. The van der Waals surface area contributed by atoms with Crippen LogP contribution < -0.4 is 10.3 Å². The second-order valence-electron chi connectivity index (χ2n) is 9.13. The number of ether oxygens (including phenoxy) is 1. The SMILES string of the molecule is Cc1ccc(C)c(N2N=C(C(=O)OCC(=O)N3CCC(C(=O)Nc4ccccc4)CC3)CCC2=O)c1. The van der Waals surface area contributed by atoms with Crippen LogP contribution in [0.2, 0.25) is 0 Å². The molecule has 0 bridgehead atoms. The number of piperidine rings is 1. The Hall–Kier alpha value is -4.01. The molecule has 1 saturated heterocycles. The number of hydrazone groups is 1. The van der Waals surface area contributed by atoms with E-state index in [-0.39, 0.29) is 42.2 Å². The first-order valence-corrected chi connectivity index (χ1v) is 12.1. The quantitative estimate of drug-likeness (QED) is 0.626. The Balaban J connectivity index is 1.28. The Bertz CT molecular complexity index is 1190. The molecule has 0 radical (unpaired) electrons. The number of hydrogen-bond donors (Lipinski definition) is 1. The molecule has 0 spiro atoms. The van der Waals surface area contributed by atoms with Gasteiger partial charge in [0.15, 0.2) is 6.61 Å². The summed E-state index contributed by atoms with van der Waals surface area (Å²) >= 11 is 0. The van der Waals surface area contributed by atoms with Gasteiger partial charge in [-0.05, 0) is 56.0 Å². The lowest BCUT2D eigenvalue weighted by Gasteiger charge is -2.31. The van der Waals surface area contributed by atoms with Crippen molar-refractivity contribution in [2.45, 2.75) is 39.5 Å². The molecule has 2 aliphatic rings. The summed E-state index contributed by atoms with van der Waals surface area (Å²) in [5, 5.41) is 8.40. The second kappa shape index (κ2) is 11.2. The van der Waals surface area contributed by atoms with Crippen LogP contribution in [0, 0.1) is 19.8 Å². The standard InChI is InChI=1S/C27H30N4O5/c1-18-8-9-19(2)23(16-18)31-24(32)11-10-22(29-31)27(35)36-17-25(33)30-14-12-20(13-15-30)26(34)28-21-6-4-3-5-7-21/h3-9,16,20H,10-15,17H2,1-2H3,(H,28,34). The number of likely N-dealkylation sites (tertiary alicyclic amines) is 1. The summed E-state index contributed by atoms with van der Waals surface area (Å²) < 4.78 is 5.25. The lowest BCUT2D eigenvalue weighted by molar-refractivity contribution is -0.148. The predicted octanol–water partition coefficient (Wildman–Crippen LogP) is 3.21. The van der Waals surface area contributed by atoms with Crippen LogP contribution in [-0.4, -0.2) is 54.0 Å². The van der Waals surface area contributed by atoms with Gasteiger partial charge in [-0.1, -0.05) is 30.3 Å². The summed E-state index contributed by atoms with van der Waals surface area (Å²) in [5.41, 5.74) is 3.32. The predicted molar refractivity (Wildman–Crippen MR) is 135 cm³/mol. The van der Waals surface area contributed by atoms with E-state index in [9.17, 15) is 19.2 Å². The molecule has 1 N–H and O–H groups in total. The lowest BCUT2D eigenvalue weighted by atomic mass is 9.95. The number of rotatable bonds is 6. The summed E-state index contributed by atoms with van der Waals surface area (Å²) in [4.78, 5) is 51.8. The van der Waals surface area contributed by atoms with Gasteiger partial charge in [-0.2, -0.15) is 10.1 Å². The van der Waals surface area contributed by atoms with E-state index in [1.54, 1.807) is 4.90 Å². The average Bonchev–Trinajstić information content (AvgIpc) is 2.89. The Morgan fingerprint density at radius 1 is 1.03 bits per heavy atom. The van der Waals surface area contributed by atoms with Crippen LogP contribution in [0.25, 0.3) is 0 Å². The molecule has 9 nitrogen and oxygen atoms in total. The van der Waals surface area contributed by atoms with Crippen molar-refractivity contribution in [1.82, 2.24) is 4.90 Å². The monoisotopic (exact) mass is 490 g/mol. The fraction of sp³-hybridized carbons (Fsp3) is 0.370. The smallest absolute Gasteiger partial charge is 0.355 e. The number of benzene rings is 2. The fourth-order valence-corrected chi connectivity index (χ4v) is 4.30. The summed E-state index contributed by atoms with van der Waals surface area (Å²) in [5.74, 6) is -1.46. The van der Waals surface area contributed by atoms with Gasteiger partial charge in [-0.25, -0.2) is 4.79 Å². The molecule has 2 aliphatic heterocycles. The maximum Gasteiger partial charge on any atom is 0.355 e. The number of amides is 3. The Kier molecular flexibility index (Phi) is 7.77. The van der Waals surface area contributed by atoms with Crippen molar-refractivity contribution >= 4 is 40.8 Å². The van der Waals surface area contributed by atoms with E-state index in [1.807, 2.05) is 62.4 Å². The maximum atomic E-state index is 12.6. The highest BCUT2D eigenvalue weighted by atomic mass is 16.5. The molecule has 2 aromatic carbocycles. The highest BCUT2D eigenvalue weighted by Gasteiger charge is 2.30. The van der Waals surface area contributed by atoms with Crippen LogP contribution in [0.3, 0.4) is 0 Å². The number of hydrogen-bond acceptors (Lipinski definition) is 6. The summed E-state index contributed by atoms with van der Waals surface area (Å²) in [7, 11) is 0. The third-order valence-corrected chi connectivity index (χ3v) is 6.45. The summed E-state index contributed by atoms with van der Waals surface area (Å²) in [6, 6.07) is 14.9. The Labute approximate surface area is 210 Å². The van der Waals surface area contributed by atoms with Crippen molar-refractivity contribution in [3.05, 3.63) is 59.7 Å². The molecular weight excluding hydrogens is 460 g/mol. The van der Waals surface area contributed by atoms with Gasteiger partial charge >= 0.3 is 5.97 Å². The van der Waals surface area contributed by atoms with Gasteiger partial charge in [0.25, 0.3) is 5.91 Å². The molecule has 3 amide bonds. The molecule has 0 aromatic heterocycles. The van der Waals surface area contributed by atoms with Crippen molar-refractivity contribution in [3.8, 4) is 0 Å². The van der Waals surface area contributed by atoms with E-state index in [0.717, 1.165) is 16.8 Å². The number of nitrogens with one attached hydrogen (secondary N) is 1. The Morgan fingerprint density at radius 2 is 1.75 bits per heavy atom. The zero-order valence-electron chi connectivity index (χ0n) is 20.5. The number of carbonyl (C=O) groups is 4. The minimum atomic E-state index is -0.705. The van der Waals surface area contributed by atoms with E-state index in [4.69, 9.17) is 4.74 Å². The van der Waals surface area contributed by atoms with Gasteiger partial charge in [-0.15, -0.1) is 0 Å². The van der Waals surface area contributed by atoms with Crippen molar-refractivity contribution in [3.63, 3.8) is 0 Å². The zero-order valence-corrected chi connectivity index (χ0v) is 20.5. The van der Waals surface area contributed by atoms with Gasteiger partial charge in [0.05, 0.1) is 5.69 Å². The topological polar surface area (TPSA) is 108 Å². The Morgan fingerprint density at radius 3 is 2.47 bits per heavy atom. The van der Waals surface area contributed by atoms with Crippen LogP contribution in [0.1, 0.15) is 36.8 Å². The van der Waals surface area contributed by atoms with Gasteiger partial charge < -0.3 is 15.0 Å². The number of aryl methyl sites for hydroxylation is 2. The normalized spacial score (nSPS) is 16.4. The van der Waals surface area contributed by atoms with Crippen molar-refractivity contribution < 1.29 is 23.9 Å². The van der Waals surface area contributed by atoms with E-state index in [1.165, 1.54) is 5.01 Å². The molecule has 2 heterocycles. The van der Waals surface area contributed by atoms with Gasteiger partial charge in [0, 0.05) is 37.5 Å². The van der Waals surface area contributed by atoms with Crippen LogP contribution in [0.15, 0.2) is 53.6 Å². The lowest BCUT2D eigenvalue weighted by Crippen LogP contribution is -2.43. The number of para-hydroxylation sites is 1. The summed E-state index contributed by atoms with van der Waals surface area (Å²) in [6.45, 7) is 4.21. The minimum absolute atomic E-state index is 0.0574. The van der Waals surface area contributed by atoms with Gasteiger partial charge in [-0.3, -0.25) is 14.4 Å². The fourth-order valence-electron chi connectivity index (χ4n) is 4.30. The van der Waals surface area contributed by atoms with Crippen LogP contribution in [0.4, 0.5) is 11.4 Å². The molecular formula is C27H30N4O5. The van der Waals surface area contributed by atoms with Crippen molar-refractivity contribution in [1.29, 1.82) is 0 Å². The number of anilines is 2. The molecule has 0 aliphatic carbocycles. The van der Waals surface area contributed by atoms with Crippen LogP contribution >= 0.6 is 0 Å².